The molecule has 1 amide bonds. The molecule has 0 fully saturated rings. The van der Waals surface area contributed by atoms with Gasteiger partial charge in [-0.3, -0.25) is 9.78 Å². The first-order chi connectivity index (χ1) is 14.5. The van der Waals surface area contributed by atoms with Gasteiger partial charge in [0.25, 0.3) is 5.91 Å². The van der Waals surface area contributed by atoms with Gasteiger partial charge in [0.2, 0.25) is 0 Å². The van der Waals surface area contributed by atoms with Crippen LogP contribution < -0.4 is 10.1 Å². The topological polar surface area (TPSA) is 77.5 Å². The molecule has 2 aromatic carbocycles. The molecule has 0 radical (unpaired) electrons. The Kier molecular flexibility index (Phi) is 7.27. The molecular formula is C22H18Cl2N2O4. The van der Waals surface area contributed by atoms with Crippen LogP contribution in [-0.4, -0.2) is 24.0 Å². The molecule has 0 bridgehead atoms. The van der Waals surface area contributed by atoms with Crippen molar-refractivity contribution in [1.29, 1.82) is 0 Å². The summed E-state index contributed by atoms with van der Waals surface area (Å²) in [5, 5.41) is 3.65. The van der Waals surface area contributed by atoms with E-state index in [1.807, 2.05) is 18.2 Å². The average molecular weight is 445 g/mol. The number of nitrogens with one attached hydrogen (secondary N) is 1. The van der Waals surface area contributed by atoms with Crippen molar-refractivity contribution in [3.05, 3.63) is 93.2 Å². The quantitative estimate of drug-likeness (QED) is 0.535. The highest BCUT2D eigenvalue weighted by molar-refractivity contribution is 6.34. The van der Waals surface area contributed by atoms with Crippen LogP contribution in [0.4, 0.5) is 0 Å². The summed E-state index contributed by atoms with van der Waals surface area (Å²) in [5.74, 6) is -0.356. The summed E-state index contributed by atoms with van der Waals surface area (Å²) in [4.78, 5) is 28.1. The lowest BCUT2D eigenvalue weighted by molar-refractivity contribution is 0.0600. The highest BCUT2D eigenvalue weighted by Gasteiger charge is 2.13. The smallest absolute Gasteiger partial charge is 0.339 e. The highest BCUT2D eigenvalue weighted by Crippen LogP contribution is 2.24. The Morgan fingerprint density at radius 3 is 2.53 bits per heavy atom. The van der Waals surface area contributed by atoms with E-state index >= 15 is 0 Å². The molecule has 1 aromatic heterocycles. The molecule has 6 nitrogen and oxygen atoms in total. The number of carbonyl (C=O) groups is 2. The number of aromatic nitrogens is 1. The summed E-state index contributed by atoms with van der Waals surface area (Å²) < 4.78 is 10.4. The van der Waals surface area contributed by atoms with Crippen molar-refractivity contribution in [2.75, 3.05) is 7.11 Å². The minimum absolute atomic E-state index is 0.168. The fraction of sp³-hybridized carbons (Fsp3) is 0.136. The Morgan fingerprint density at radius 1 is 1.03 bits per heavy atom. The fourth-order valence-electron chi connectivity index (χ4n) is 2.58. The van der Waals surface area contributed by atoms with Crippen molar-refractivity contribution < 1.29 is 19.1 Å². The van der Waals surface area contributed by atoms with Crippen LogP contribution in [0.15, 0.2) is 60.8 Å². The minimum Gasteiger partial charge on any atom is -0.489 e. The van der Waals surface area contributed by atoms with Gasteiger partial charge in [0.1, 0.15) is 12.4 Å². The van der Waals surface area contributed by atoms with Crippen LogP contribution in [0.2, 0.25) is 10.0 Å². The first kappa shape index (κ1) is 21.6. The summed E-state index contributed by atoms with van der Waals surface area (Å²) in [6, 6.07) is 15.4. The Morgan fingerprint density at radius 2 is 1.83 bits per heavy atom. The summed E-state index contributed by atoms with van der Waals surface area (Å²) in [5.41, 5.74) is 2.03. The van der Waals surface area contributed by atoms with Gasteiger partial charge in [0, 0.05) is 16.8 Å². The molecule has 3 aromatic rings. The highest BCUT2D eigenvalue weighted by atomic mass is 35.5. The summed E-state index contributed by atoms with van der Waals surface area (Å²) in [7, 11) is 1.30. The standard InChI is InChI=1S/C22H18Cl2N2O4/c1-29-22(28)14-6-7-16(25-11-14)12-26-21(27)18-10-17(8-9-20(18)24)30-13-15-4-2-3-5-19(15)23/h2-11H,12-13H2,1H3,(H,26,27). The van der Waals surface area contributed by atoms with Gasteiger partial charge in [-0.15, -0.1) is 0 Å². The number of halogens is 2. The van der Waals surface area contributed by atoms with Gasteiger partial charge in [-0.25, -0.2) is 4.79 Å². The number of esters is 1. The molecule has 0 aliphatic carbocycles. The maximum Gasteiger partial charge on any atom is 0.339 e. The lowest BCUT2D eigenvalue weighted by Crippen LogP contribution is -2.23. The number of methoxy groups -OCH3 is 1. The van der Waals surface area contributed by atoms with Crippen molar-refractivity contribution in [3.8, 4) is 5.75 Å². The Hall–Kier alpha value is -3.09. The van der Waals surface area contributed by atoms with Crippen molar-refractivity contribution in [2.45, 2.75) is 13.2 Å². The van der Waals surface area contributed by atoms with Crippen LogP contribution in [-0.2, 0) is 17.9 Å². The van der Waals surface area contributed by atoms with Gasteiger partial charge in [-0.2, -0.15) is 0 Å². The first-order valence-electron chi connectivity index (χ1n) is 8.95. The van der Waals surface area contributed by atoms with Crippen LogP contribution in [0.1, 0.15) is 32.0 Å². The number of ether oxygens (including phenoxy) is 2. The van der Waals surface area contributed by atoms with Crippen LogP contribution >= 0.6 is 23.2 Å². The van der Waals surface area contributed by atoms with Gasteiger partial charge in [0.05, 0.1) is 35.5 Å². The normalized spacial score (nSPS) is 10.4. The number of hydrogen-bond donors (Lipinski definition) is 1. The molecule has 0 saturated carbocycles. The van der Waals surface area contributed by atoms with Gasteiger partial charge < -0.3 is 14.8 Å². The van der Waals surface area contributed by atoms with E-state index in [0.717, 1.165) is 5.56 Å². The maximum atomic E-state index is 12.6. The van der Waals surface area contributed by atoms with Crippen LogP contribution in [0.5, 0.6) is 5.75 Å². The van der Waals surface area contributed by atoms with E-state index in [1.165, 1.54) is 13.3 Å². The third-order valence-electron chi connectivity index (χ3n) is 4.21. The van der Waals surface area contributed by atoms with Crippen LogP contribution in [0.3, 0.4) is 0 Å². The summed E-state index contributed by atoms with van der Waals surface area (Å²) in [6.07, 6.45) is 1.39. The van der Waals surface area contributed by atoms with Gasteiger partial charge in [0.15, 0.2) is 0 Å². The average Bonchev–Trinajstić information content (AvgIpc) is 2.77. The molecule has 1 N–H and O–H groups in total. The van der Waals surface area contributed by atoms with Crippen LogP contribution in [0, 0.1) is 0 Å². The SMILES string of the molecule is COC(=O)c1ccc(CNC(=O)c2cc(OCc3ccccc3Cl)ccc2Cl)nc1. The van der Waals surface area contributed by atoms with E-state index in [9.17, 15) is 9.59 Å². The summed E-state index contributed by atoms with van der Waals surface area (Å²) in [6.45, 7) is 0.431. The molecule has 1 heterocycles. The number of rotatable bonds is 7. The van der Waals surface area contributed by atoms with Crippen molar-refractivity contribution in [3.63, 3.8) is 0 Å². The number of benzene rings is 2. The Balaban J connectivity index is 1.63. The van der Waals surface area contributed by atoms with Gasteiger partial charge >= 0.3 is 5.97 Å². The lowest BCUT2D eigenvalue weighted by Gasteiger charge is -2.11. The zero-order chi connectivity index (χ0) is 21.5. The molecule has 0 unspecified atom stereocenters. The molecule has 0 aliphatic heterocycles. The van der Waals surface area contributed by atoms with Crippen LogP contribution in [0.25, 0.3) is 0 Å². The Labute approximate surface area is 183 Å². The van der Waals surface area contributed by atoms with Gasteiger partial charge in [-0.1, -0.05) is 41.4 Å². The largest absolute Gasteiger partial charge is 0.489 e. The first-order valence-corrected chi connectivity index (χ1v) is 9.70. The monoisotopic (exact) mass is 444 g/mol. The summed E-state index contributed by atoms with van der Waals surface area (Å²) >= 11 is 12.3. The predicted octanol–water partition coefficient (Wildman–Crippen LogP) is 4.68. The second kappa shape index (κ2) is 10.1. The fourth-order valence-corrected chi connectivity index (χ4v) is 2.97. The van der Waals surface area contributed by atoms with Gasteiger partial charge in [-0.05, 0) is 36.4 Å². The minimum atomic E-state index is -0.474. The number of carbonyl (C=O) groups excluding carboxylic acids is 2. The number of nitrogens with zero attached hydrogens (tertiary/aromatic N) is 1. The number of pyridine rings is 1. The van der Waals surface area contributed by atoms with E-state index in [1.54, 1.807) is 36.4 Å². The van der Waals surface area contributed by atoms with E-state index < -0.39 is 5.97 Å². The molecule has 8 heteroatoms. The molecule has 30 heavy (non-hydrogen) atoms. The maximum absolute atomic E-state index is 12.6. The van der Waals surface area contributed by atoms with Crippen molar-refractivity contribution >= 4 is 35.1 Å². The number of hydrogen-bond acceptors (Lipinski definition) is 5. The third-order valence-corrected chi connectivity index (χ3v) is 4.91. The zero-order valence-electron chi connectivity index (χ0n) is 16.0. The molecule has 0 spiro atoms. The zero-order valence-corrected chi connectivity index (χ0v) is 17.5. The van der Waals surface area contributed by atoms with E-state index in [-0.39, 0.29) is 24.6 Å². The molecular weight excluding hydrogens is 427 g/mol. The molecule has 154 valence electrons. The molecule has 0 aliphatic rings. The lowest BCUT2D eigenvalue weighted by atomic mass is 10.2. The van der Waals surface area contributed by atoms with Crippen molar-refractivity contribution in [1.82, 2.24) is 10.3 Å². The van der Waals surface area contributed by atoms with E-state index in [0.29, 0.717) is 27.1 Å². The molecule has 0 saturated heterocycles. The van der Waals surface area contributed by atoms with E-state index in [2.05, 4.69) is 15.0 Å². The molecule has 0 atom stereocenters. The second-order valence-corrected chi connectivity index (χ2v) is 7.05. The molecule has 3 rings (SSSR count). The van der Waals surface area contributed by atoms with Crippen molar-refractivity contribution in [2.24, 2.45) is 0 Å². The second-order valence-electron chi connectivity index (χ2n) is 6.23. The van der Waals surface area contributed by atoms with E-state index in [4.69, 9.17) is 27.9 Å². The third kappa shape index (κ3) is 5.49. The number of amides is 1. The Bertz CT molecular complexity index is 1060. The predicted molar refractivity (Wildman–Crippen MR) is 114 cm³/mol.